The number of nitrogens with zero attached hydrogens (tertiary/aromatic N) is 2. The van der Waals surface area contributed by atoms with E-state index in [1.54, 1.807) is 36.4 Å². The van der Waals surface area contributed by atoms with Gasteiger partial charge in [-0.05, 0) is 43.2 Å². The topological polar surface area (TPSA) is 79.4 Å². The molecular weight excluding hydrogens is 314 g/mol. The summed E-state index contributed by atoms with van der Waals surface area (Å²) in [5, 5.41) is 2.68. The van der Waals surface area contributed by atoms with Crippen molar-refractivity contribution in [2.24, 2.45) is 0 Å². The minimum atomic E-state index is -3.50. The average molecular weight is 331 g/mol. The van der Waals surface area contributed by atoms with Crippen LogP contribution in [-0.4, -0.2) is 36.7 Å². The highest BCUT2D eigenvalue weighted by Crippen LogP contribution is 2.23. The van der Waals surface area contributed by atoms with Gasteiger partial charge in [0.15, 0.2) is 0 Å². The van der Waals surface area contributed by atoms with Crippen LogP contribution in [0.2, 0.25) is 0 Å². The zero-order valence-electron chi connectivity index (χ0n) is 12.5. The van der Waals surface area contributed by atoms with Crippen molar-refractivity contribution in [3.05, 3.63) is 54.4 Å². The van der Waals surface area contributed by atoms with E-state index in [0.29, 0.717) is 18.8 Å². The molecule has 1 aromatic carbocycles. The summed E-state index contributed by atoms with van der Waals surface area (Å²) in [6.45, 7) is 1.10. The summed E-state index contributed by atoms with van der Waals surface area (Å²) in [6, 6.07) is 11.3. The lowest BCUT2D eigenvalue weighted by atomic mass is 10.3. The number of sulfonamides is 1. The highest BCUT2D eigenvalue weighted by Gasteiger charge is 2.27. The normalized spacial score (nSPS) is 15.5. The second kappa shape index (κ2) is 6.47. The lowest BCUT2D eigenvalue weighted by Crippen LogP contribution is -2.27. The van der Waals surface area contributed by atoms with Gasteiger partial charge in [-0.2, -0.15) is 4.31 Å². The first-order valence-corrected chi connectivity index (χ1v) is 8.84. The summed E-state index contributed by atoms with van der Waals surface area (Å²) in [5.74, 6) is -0.374. The summed E-state index contributed by atoms with van der Waals surface area (Å²) in [5.41, 5.74) is 0.709. The molecule has 0 saturated carbocycles. The van der Waals surface area contributed by atoms with Gasteiger partial charge in [0.1, 0.15) is 5.69 Å². The molecule has 23 heavy (non-hydrogen) atoms. The largest absolute Gasteiger partial charge is 0.321 e. The molecule has 6 nitrogen and oxygen atoms in total. The highest BCUT2D eigenvalue weighted by molar-refractivity contribution is 7.89. The maximum absolute atomic E-state index is 12.5. The molecule has 1 aromatic heterocycles. The van der Waals surface area contributed by atoms with Crippen LogP contribution < -0.4 is 5.32 Å². The van der Waals surface area contributed by atoms with Gasteiger partial charge < -0.3 is 5.32 Å². The molecule has 0 unspecified atom stereocenters. The summed E-state index contributed by atoms with van der Waals surface area (Å²) in [6.07, 6.45) is 3.30. The van der Waals surface area contributed by atoms with E-state index in [1.165, 1.54) is 16.6 Å². The smallest absolute Gasteiger partial charge is 0.274 e. The molecule has 1 amide bonds. The average Bonchev–Trinajstić information content (AvgIpc) is 3.11. The number of anilines is 1. The Morgan fingerprint density at radius 2 is 1.87 bits per heavy atom. The zero-order chi connectivity index (χ0) is 16.3. The number of pyridine rings is 1. The van der Waals surface area contributed by atoms with Crippen molar-refractivity contribution in [2.45, 2.75) is 17.7 Å². The molecular formula is C16H17N3O3S. The molecule has 7 heteroatoms. The third-order valence-electron chi connectivity index (χ3n) is 3.69. The van der Waals surface area contributed by atoms with Crippen LogP contribution in [0.5, 0.6) is 0 Å². The van der Waals surface area contributed by atoms with Crippen molar-refractivity contribution in [3.63, 3.8) is 0 Å². The van der Waals surface area contributed by atoms with E-state index < -0.39 is 10.0 Å². The number of nitrogens with one attached hydrogen (secondary N) is 1. The first-order valence-electron chi connectivity index (χ1n) is 7.40. The van der Waals surface area contributed by atoms with Gasteiger partial charge in [-0.15, -0.1) is 0 Å². The Labute approximate surface area is 135 Å². The Hall–Kier alpha value is -2.25. The fraction of sp³-hybridized carbons (Fsp3) is 0.250. The van der Waals surface area contributed by atoms with Crippen LogP contribution in [0.3, 0.4) is 0 Å². The predicted molar refractivity (Wildman–Crippen MR) is 86.6 cm³/mol. The number of amides is 1. The van der Waals surface area contributed by atoms with E-state index in [0.717, 1.165) is 12.8 Å². The number of benzene rings is 1. The van der Waals surface area contributed by atoms with Crippen LogP contribution in [0.4, 0.5) is 5.69 Å². The first-order chi connectivity index (χ1) is 11.1. The van der Waals surface area contributed by atoms with Crippen LogP contribution in [0.25, 0.3) is 0 Å². The predicted octanol–water partition coefficient (Wildman–Crippen LogP) is 2.12. The van der Waals surface area contributed by atoms with E-state index in [4.69, 9.17) is 0 Å². The van der Waals surface area contributed by atoms with Crippen molar-refractivity contribution in [1.29, 1.82) is 0 Å². The van der Waals surface area contributed by atoms with Gasteiger partial charge in [0, 0.05) is 25.0 Å². The van der Waals surface area contributed by atoms with Gasteiger partial charge >= 0.3 is 0 Å². The Bertz CT molecular complexity index is 800. The fourth-order valence-corrected chi connectivity index (χ4v) is 4.07. The van der Waals surface area contributed by atoms with Crippen molar-refractivity contribution < 1.29 is 13.2 Å². The maximum Gasteiger partial charge on any atom is 0.274 e. The van der Waals surface area contributed by atoms with Crippen molar-refractivity contribution in [3.8, 4) is 0 Å². The number of aromatic nitrogens is 1. The van der Waals surface area contributed by atoms with Gasteiger partial charge in [-0.25, -0.2) is 8.42 Å². The maximum atomic E-state index is 12.5. The molecule has 0 spiro atoms. The molecule has 0 aliphatic carbocycles. The van der Waals surface area contributed by atoms with E-state index >= 15 is 0 Å². The Morgan fingerprint density at radius 3 is 2.57 bits per heavy atom. The monoisotopic (exact) mass is 331 g/mol. The van der Waals surface area contributed by atoms with Crippen LogP contribution in [-0.2, 0) is 10.0 Å². The molecule has 0 bridgehead atoms. The quantitative estimate of drug-likeness (QED) is 0.931. The van der Waals surface area contributed by atoms with E-state index in [-0.39, 0.29) is 16.5 Å². The van der Waals surface area contributed by atoms with Crippen molar-refractivity contribution in [2.75, 3.05) is 18.4 Å². The van der Waals surface area contributed by atoms with Crippen molar-refractivity contribution in [1.82, 2.24) is 9.29 Å². The summed E-state index contributed by atoms with van der Waals surface area (Å²) < 4.78 is 26.6. The molecule has 2 heterocycles. The number of carbonyl (C=O) groups is 1. The Morgan fingerprint density at radius 1 is 1.09 bits per heavy atom. The molecule has 0 radical (unpaired) electrons. The third-order valence-corrected chi connectivity index (χ3v) is 5.59. The number of hydrogen-bond acceptors (Lipinski definition) is 4. The van der Waals surface area contributed by atoms with Crippen LogP contribution >= 0.6 is 0 Å². The first kappa shape index (κ1) is 15.6. The van der Waals surface area contributed by atoms with E-state index in [1.807, 2.05) is 0 Å². The summed E-state index contributed by atoms with van der Waals surface area (Å²) in [7, 11) is -3.50. The molecule has 1 fully saturated rings. The fourth-order valence-electron chi connectivity index (χ4n) is 2.50. The van der Waals surface area contributed by atoms with Gasteiger partial charge in [-0.3, -0.25) is 9.78 Å². The Balaban J connectivity index is 1.81. The lowest BCUT2D eigenvalue weighted by molar-refractivity contribution is 0.102. The summed E-state index contributed by atoms with van der Waals surface area (Å²) >= 11 is 0. The molecule has 120 valence electrons. The molecule has 0 atom stereocenters. The molecule has 3 rings (SSSR count). The summed E-state index contributed by atoms with van der Waals surface area (Å²) in [4.78, 5) is 16.3. The van der Waals surface area contributed by atoms with Crippen LogP contribution in [0, 0.1) is 0 Å². The Kier molecular flexibility index (Phi) is 4.40. The van der Waals surface area contributed by atoms with Crippen molar-refractivity contribution >= 4 is 21.6 Å². The third kappa shape index (κ3) is 3.40. The molecule has 1 aliphatic rings. The number of carbonyl (C=O) groups excluding carboxylic acids is 1. The molecule has 1 saturated heterocycles. The number of hydrogen-bond donors (Lipinski definition) is 1. The van der Waals surface area contributed by atoms with Crippen LogP contribution in [0.15, 0.2) is 53.6 Å². The highest BCUT2D eigenvalue weighted by atomic mass is 32.2. The van der Waals surface area contributed by atoms with Gasteiger partial charge in [0.2, 0.25) is 10.0 Å². The SMILES string of the molecule is O=C(Nc1cccc(S(=O)(=O)N2CCCC2)c1)c1ccccn1. The minimum absolute atomic E-state index is 0.193. The van der Waals surface area contributed by atoms with Gasteiger partial charge in [-0.1, -0.05) is 12.1 Å². The van der Waals surface area contributed by atoms with Crippen LogP contribution in [0.1, 0.15) is 23.3 Å². The zero-order valence-corrected chi connectivity index (χ0v) is 13.3. The molecule has 1 aliphatic heterocycles. The number of rotatable bonds is 4. The standard InChI is InChI=1S/C16H17N3O3S/c20-16(15-8-1-2-9-17-15)18-13-6-5-7-14(12-13)23(21,22)19-10-3-4-11-19/h1-2,5-9,12H,3-4,10-11H2,(H,18,20). The van der Waals surface area contributed by atoms with E-state index in [2.05, 4.69) is 10.3 Å². The van der Waals surface area contributed by atoms with Gasteiger partial charge in [0.05, 0.1) is 4.90 Å². The second-order valence-electron chi connectivity index (χ2n) is 5.31. The van der Waals surface area contributed by atoms with E-state index in [9.17, 15) is 13.2 Å². The second-order valence-corrected chi connectivity index (χ2v) is 7.25. The lowest BCUT2D eigenvalue weighted by Gasteiger charge is -2.16. The van der Waals surface area contributed by atoms with Gasteiger partial charge in [0.25, 0.3) is 5.91 Å². The molecule has 1 N–H and O–H groups in total. The minimum Gasteiger partial charge on any atom is -0.321 e. The molecule has 2 aromatic rings.